The Morgan fingerprint density at radius 2 is 1.91 bits per heavy atom. The summed E-state index contributed by atoms with van der Waals surface area (Å²) in [7, 11) is 0. The van der Waals surface area contributed by atoms with Crippen LogP contribution in [0.1, 0.15) is 55.4 Å². The summed E-state index contributed by atoms with van der Waals surface area (Å²) in [5, 5.41) is 13.2. The predicted molar refractivity (Wildman–Crippen MR) is 132 cm³/mol. The van der Waals surface area contributed by atoms with Gasteiger partial charge in [0.2, 0.25) is 5.95 Å². The number of pyridine rings is 1. The van der Waals surface area contributed by atoms with Gasteiger partial charge in [-0.3, -0.25) is 9.98 Å². The topological polar surface area (TPSA) is 139 Å². The molecular weight excluding hydrogens is 412 g/mol. The van der Waals surface area contributed by atoms with Gasteiger partial charge in [-0.25, -0.2) is 9.97 Å². The van der Waals surface area contributed by atoms with Gasteiger partial charge in [0.1, 0.15) is 5.71 Å². The number of hydrogen-bond donors (Lipinski definition) is 2. The van der Waals surface area contributed by atoms with Gasteiger partial charge in [-0.2, -0.15) is 10.4 Å². The van der Waals surface area contributed by atoms with Crippen LogP contribution in [0, 0.1) is 18.3 Å². The molecule has 0 unspecified atom stereocenters. The summed E-state index contributed by atoms with van der Waals surface area (Å²) >= 11 is 0. The van der Waals surface area contributed by atoms with Crippen LogP contribution in [-0.2, 0) is 12.0 Å². The average Bonchev–Trinajstić information content (AvgIpc) is 2.81. The summed E-state index contributed by atoms with van der Waals surface area (Å²) in [6.45, 7) is 8.74. The van der Waals surface area contributed by atoms with Crippen LogP contribution in [0.2, 0.25) is 0 Å². The Bertz CT molecular complexity index is 1250. The number of rotatable bonds is 7. The lowest BCUT2D eigenvalue weighted by Crippen LogP contribution is -2.18. The van der Waals surface area contributed by atoms with Crippen molar-refractivity contribution in [3.63, 3.8) is 0 Å². The molecule has 0 saturated carbocycles. The van der Waals surface area contributed by atoms with E-state index in [1.54, 1.807) is 24.4 Å². The molecule has 0 saturated heterocycles. The van der Waals surface area contributed by atoms with E-state index in [2.05, 4.69) is 46.9 Å². The smallest absolute Gasteiger partial charge is 0.221 e. The van der Waals surface area contributed by atoms with Crippen molar-refractivity contribution < 1.29 is 0 Å². The molecule has 0 bridgehead atoms. The molecular formula is C25H28N8. The van der Waals surface area contributed by atoms with Crippen LogP contribution < -0.4 is 11.6 Å². The first-order valence-corrected chi connectivity index (χ1v) is 10.7. The molecule has 0 amide bonds. The SMILES string of the molecule is CCC(C)(C)c1cccc(CN=CC(=NN)c2cc(-c3cccc(C#N)c3C)nc(N)n2)n1. The second kappa shape index (κ2) is 10.0. The minimum absolute atomic E-state index is 0.000527. The first-order chi connectivity index (χ1) is 15.8. The predicted octanol–water partition coefficient (Wildman–Crippen LogP) is 3.92. The standard InChI is InChI=1S/C25H28N8/c1-5-25(3,4)23-11-7-9-18(30-23)14-29-15-22(33-28)21-12-20(31-24(27)32-21)19-10-6-8-17(13-26)16(19)2/h6-12,15H,5,14,28H2,1-4H3,(H2,27,31,32). The minimum atomic E-state index is -0.000527. The van der Waals surface area contributed by atoms with E-state index in [-0.39, 0.29) is 11.4 Å². The van der Waals surface area contributed by atoms with Crippen molar-refractivity contribution in [1.82, 2.24) is 15.0 Å². The maximum absolute atomic E-state index is 9.33. The van der Waals surface area contributed by atoms with Crippen molar-refractivity contribution in [2.24, 2.45) is 15.9 Å². The third-order valence-corrected chi connectivity index (χ3v) is 5.73. The van der Waals surface area contributed by atoms with Gasteiger partial charge in [0.05, 0.1) is 41.5 Å². The molecule has 0 spiro atoms. The Morgan fingerprint density at radius 1 is 1.15 bits per heavy atom. The van der Waals surface area contributed by atoms with Gasteiger partial charge in [0.25, 0.3) is 0 Å². The first kappa shape index (κ1) is 23.5. The quantitative estimate of drug-likeness (QED) is 0.324. The molecule has 2 heterocycles. The van der Waals surface area contributed by atoms with Crippen LogP contribution in [0.4, 0.5) is 5.95 Å². The first-order valence-electron chi connectivity index (χ1n) is 10.7. The maximum atomic E-state index is 9.33. The van der Waals surface area contributed by atoms with Gasteiger partial charge in [-0.1, -0.05) is 39.0 Å². The lowest BCUT2D eigenvalue weighted by molar-refractivity contribution is 0.488. The largest absolute Gasteiger partial charge is 0.368 e. The highest BCUT2D eigenvalue weighted by atomic mass is 15.1. The van der Waals surface area contributed by atoms with Crippen molar-refractivity contribution in [2.75, 3.05) is 5.73 Å². The van der Waals surface area contributed by atoms with E-state index in [4.69, 9.17) is 16.6 Å². The Kier molecular flexibility index (Phi) is 7.13. The number of nitriles is 1. The summed E-state index contributed by atoms with van der Waals surface area (Å²) in [4.78, 5) is 17.8. The molecule has 0 fully saturated rings. The van der Waals surface area contributed by atoms with Gasteiger partial charge in [0.15, 0.2) is 0 Å². The molecule has 2 aromatic heterocycles. The lowest BCUT2D eigenvalue weighted by Gasteiger charge is -2.22. The van der Waals surface area contributed by atoms with Crippen LogP contribution in [-0.4, -0.2) is 26.9 Å². The van der Waals surface area contributed by atoms with Gasteiger partial charge in [-0.15, -0.1) is 0 Å². The average molecular weight is 441 g/mol. The highest BCUT2D eigenvalue weighted by Gasteiger charge is 2.19. The van der Waals surface area contributed by atoms with E-state index in [1.165, 1.54) is 0 Å². The molecule has 4 N–H and O–H groups in total. The highest BCUT2D eigenvalue weighted by molar-refractivity contribution is 6.37. The Labute approximate surface area is 194 Å². The molecule has 0 aliphatic rings. The zero-order valence-electron chi connectivity index (χ0n) is 19.4. The van der Waals surface area contributed by atoms with Crippen molar-refractivity contribution in [2.45, 2.75) is 46.1 Å². The Morgan fingerprint density at radius 3 is 2.61 bits per heavy atom. The summed E-state index contributed by atoms with van der Waals surface area (Å²) in [5.41, 5.74) is 11.4. The molecule has 3 aromatic rings. The maximum Gasteiger partial charge on any atom is 0.221 e. The minimum Gasteiger partial charge on any atom is -0.368 e. The molecule has 8 heteroatoms. The van der Waals surface area contributed by atoms with Gasteiger partial charge < -0.3 is 11.6 Å². The van der Waals surface area contributed by atoms with Crippen molar-refractivity contribution in [3.8, 4) is 17.3 Å². The zero-order valence-corrected chi connectivity index (χ0v) is 19.4. The fourth-order valence-electron chi connectivity index (χ4n) is 3.29. The molecule has 0 aliphatic heterocycles. The van der Waals surface area contributed by atoms with Crippen molar-refractivity contribution >= 4 is 17.9 Å². The normalized spacial score (nSPS) is 12.2. The Hall–Kier alpha value is -4.12. The van der Waals surface area contributed by atoms with Crippen molar-refractivity contribution in [1.29, 1.82) is 5.26 Å². The number of benzene rings is 1. The molecule has 0 aliphatic carbocycles. The molecule has 1 aromatic carbocycles. The third kappa shape index (κ3) is 5.39. The lowest BCUT2D eigenvalue weighted by atomic mass is 9.86. The number of nitrogens with two attached hydrogens (primary N) is 2. The van der Waals surface area contributed by atoms with Crippen LogP contribution in [0.3, 0.4) is 0 Å². The molecule has 0 atom stereocenters. The van der Waals surface area contributed by atoms with Crippen LogP contribution >= 0.6 is 0 Å². The molecule has 168 valence electrons. The van der Waals surface area contributed by atoms with Crippen LogP contribution in [0.15, 0.2) is 52.6 Å². The number of aliphatic imine (C=N–C) groups is 1. The van der Waals surface area contributed by atoms with Crippen LogP contribution in [0.5, 0.6) is 0 Å². The second-order valence-electron chi connectivity index (χ2n) is 8.32. The number of anilines is 1. The summed E-state index contributed by atoms with van der Waals surface area (Å²) in [6, 6.07) is 15.3. The van der Waals surface area contributed by atoms with E-state index in [0.29, 0.717) is 29.2 Å². The van der Waals surface area contributed by atoms with E-state index in [9.17, 15) is 5.26 Å². The fourth-order valence-corrected chi connectivity index (χ4v) is 3.29. The summed E-state index contributed by atoms with van der Waals surface area (Å²) in [6.07, 6.45) is 2.55. The van der Waals surface area contributed by atoms with E-state index in [1.807, 2.05) is 31.2 Å². The Balaban J connectivity index is 1.87. The van der Waals surface area contributed by atoms with E-state index in [0.717, 1.165) is 28.9 Å². The zero-order chi connectivity index (χ0) is 24.0. The fraction of sp³-hybridized carbons (Fsp3) is 0.280. The number of nitrogens with zero attached hydrogens (tertiary/aromatic N) is 6. The summed E-state index contributed by atoms with van der Waals surface area (Å²) < 4.78 is 0. The van der Waals surface area contributed by atoms with Gasteiger partial charge in [0, 0.05) is 16.7 Å². The van der Waals surface area contributed by atoms with Gasteiger partial charge >= 0.3 is 0 Å². The second-order valence-corrected chi connectivity index (χ2v) is 8.32. The third-order valence-electron chi connectivity index (χ3n) is 5.73. The number of nitrogen functional groups attached to an aromatic ring is 1. The van der Waals surface area contributed by atoms with Crippen molar-refractivity contribution in [3.05, 3.63) is 70.7 Å². The number of hydrazone groups is 1. The molecule has 3 rings (SSSR count). The number of aromatic nitrogens is 3. The monoisotopic (exact) mass is 440 g/mol. The van der Waals surface area contributed by atoms with Crippen LogP contribution in [0.25, 0.3) is 11.3 Å². The highest BCUT2D eigenvalue weighted by Crippen LogP contribution is 2.26. The molecule has 0 radical (unpaired) electrons. The summed E-state index contributed by atoms with van der Waals surface area (Å²) in [5.74, 6) is 5.71. The van der Waals surface area contributed by atoms with E-state index >= 15 is 0 Å². The molecule has 33 heavy (non-hydrogen) atoms. The van der Waals surface area contributed by atoms with Gasteiger partial charge in [-0.05, 0) is 43.2 Å². The van der Waals surface area contributed by atoms with E-state index < -0.39 is 0 Å². The number of hydrogen-bond acceptors (Lipinski definition) is 8. The molecule has 8 nitrogen and oxygen atoms in total.